The SMILES string of the molecule is COc1cn(C(C[C@H]2CCCCO2)C(=O)Cc2ccc(C(=O)OC(C)(C)C)cc2)c(=O)cc1-c1cc(Cl)ccc1OC(F)F. The van der Waals surface area contributed by atoms with E-state index in [-0.39, 0.29) is 52.4 Å². The molecule has 1 aromatic heterocycles. The molecule has 1 aliphatic rings. The van der Waals surface area contributed by atoms with Crippen LogP contribution in [0.1, 0.15) is 68.4 Å². The third kappa shape index (κ3) is 8.66. The lowest BCUT2D eigenvalue weighted by atomic mass is 9.95. The molecule has 1 fully saturated rings. The molecule has 1 unspecified atom stereocenters. The van der Waals surface area contributed by atoms with E-state index in [1.807, 2.05) is 0 Å². The summed E-state index contributed by atoms with van der Waals surface area (Å²) >= 11 is 6.15. The third-order valence-electron chi connectivity index (χ3n) is 7.15. The van der Waals surface area contributed by atoms with Gasteiger partial charge in [0.05, 0.1) is 31.0 Å². The van der Waals surface area contributed by atoms with Crippen LogP contribution in [0, 0.1) is 0 Å². The molecule has 0 amide bonds. The van der Waals surface area contributed by atoms with Crippen molar-refractivity contribution in [1.29, 1.82) is 0 Å². The zero-order valence-corrected chi connectivity index (χ0v) is 25.9. The van der Waals surface area contributed by atoms with Crippen molar-refractivity contribution in [2.24, 2.45) is 0 Å². The number of methoxy groups -OCH3 is 1. The Morgan fingerprint density at radius 3 is 2.36 bits per heavy atom. The Bertz CT molecular complexity index is 1530. The highest BCUT2D eigenvalue weighted by Crippen LogP contribution is 2.38. The molecule has 3 aromatic rings. The van der Waals surface area contributed by atoms with Gasteiger partial charge >= 0.3 is 12.6 Å². The highest BCUT2D eigenvalue weighted by molar-refractivity contribution is 6.31. The highest BCUT2D eigenvalue weighted by atomic mass is 35.5. The number of Topliss-reactive ketones (excluding diaryl/α,β-unsaturated/α-hetero) is 1. The standard InChI is InChI=1S/C33H36ClF2NO7/c1-33(2,3)44-31(40)21-10-8-20(9-11-21)15-27(38)26(17-23-7-5-6-14-42-23)37-19-29(41-4)25(18-30(37)39)24-16-22(34)12-13-28(24)43-32(35)36/h8-13,16,18-19,23,26,32H,5-7,14-15,17H2,1-4H3/t23-,26?/m1/s1. The number of halogens is 3. The molecule has 8 nitrogen and oxygen atoms in total. The van der Waals surface area contributed by atoms with Gasteiger partial charge in [0.1, 0.15) is 17.1 Å². The second-order valence-electron chi connectivity index (χ2n) is 11.6. The van der Waals surface area contributed by atoms with Crippen molar-refractivity contribution in [2.45, 2.75) is 77.2 Å². The zero-order valence-electron chi connectivity index (χ0n) is 25.1. The van der Waals surface area contributed by atoms with Gasteiger partial charge in [0, 0.05) is 41.7 Å². The van der Waals surface area contributed by atoms with E-state index in [2.05, 4.69) is 4.74 Å². The van der Waals surface area contributed by atoms with Gasteiger partial charge in [-0.15, -0.1) is 0 Å². The van der Waals surface area contributed by atoms with Crippen LogP contribution < -0.4 is 15.0 Å². The first-order valence-electron chi connectivity index (χ1n) is 14.4. The van der Waals surface area contributed by atoms with Crippen molar-refractivity contribution in [3.05, 3.63) is 81.2 Å². The van der Waals surface area contributed by atoms with Crippen LogP contribution in [0.15, 0.2) is 59.5 Å². The maximum atomic E-state index is 13.9. The number of aromatic nitrogens is 1. The Morgan fingerprint density at radius 2 is 1.75 bits per heavy atom. The summed E-state index contributed by atoms with van der Waals surface area (Å²) in [5.74, 6) is -0.734. The number of alkyl halides is 2. The van der Waals surface area contributed by atoms with Crippen LogP contribution in [0.3, 0.4) is 0 Å². The summed E-state index contributed by atoms with van der Waals surface area (Å²) in [6, 6.07) is 11.0. The van der Waals surface area contributed by atoms with Crippen molar-refractivity contribution in [3.63, 3.8) is 0 Å². The van der Waals surface area contributed by atoms with Crippen LogP contribution in [-0.2, 0) is 20.7 Å². The van der Waals surface area contributed by atoms with Crippen LogP contribution in [0.4, 0.5) is 8.78 Å². The Kier molecular flexibility index (Phi) is 10.8. The van der Waals surface area contributed by atoms with Crippen molar-refractivity contribution in [3.8, 4) is 22.6 Å². The number of ketones is 1. The summed E-state index contributed by atoms with van der Waals surface area (Å²) in [5, 5.41) is 0.244. The largest absolute Gasteiger partial charge is 0.495 e. The predicted octanol–water partition coefficient (Wildman–Crippen LogP) is 7.05. The van der Waals surface area contributed by atoms with Crippen molar-refractivity contribution in [2.75, 3.05) is 13.7 Å². The third-order valence-corrected chi connectivity index (χ3v) is 7.38. The van der Waals surface area contributed by atoms with Crippen molar-refractivity contribution >= 4 is 23.4 Å². The van der Waals surface area contributed by atoms with Crippen LogP contribution in [0.5, 0.6) is 11.5 Å². The second kappa shape index (κ2) is 14.3. The minimum atomic E-state index is -3.10. The van der Waals surface area contributed by atoms with Crippen LogP contribution in [0.25, 0.3) is 11.1 Å². The summed E-state index contributed by atoms with van der Waals surface area (Å²) in [7, 11) is 1.37. The maximum Gasteiger partial charge on any atom is 0.387 e. The van der Waals surface area contributed by atoms with Crippen molar-refractivity contribution < 1.29 is 37.3 Å². The zero-order chi connectivity index (χ0) is 32.0. The van der Waals surface area contributed by atoms with Gasteiger partial charge in [-0.05, 0) is 75.9 Å². The summed E-state index contributed by atoms with van der Waals surface area (Å²) < 4.78 is 49.2. The summed E-state index contributed by atoms with van der Waals surface area (Å²) in [5.41, 5.74) is 0.150. The molecule has 0 aliphatic carbocycles. The van der Waals surface area contributed by atoms with E-state index in [4.69, 9.17) is 25.8 Å². The van der Waals surface area contributed by atoms with E-state index in [1.54, 1.807) is 45.0 Å². The predicted molar refractivity (Wildman–Crippen MR) is 162 cm³/mol. The molecule has 1 aliphatic heterocycles. The lowest BCUT2D eigenvalue weighted by Crippen LogP contribution is -2.34. The summed E-state index contributed by atoms with van der Waals surface area (Å²) in [4.78, 5) is 39.9. The summed E-state index contributed by atoms with van der Waals surface area (Å²) in [6.45, 7) is 2.81. The van der Waals surface area contributed by atoms with Gasteiger partial charge in [0.25, 0.3) is 5.56 Å². The molecule has 2 aromatic carbocycles. The Balaban J connectivity index is 1.68. The number of nitrogens with zero attached hydrogens (tertiary/aromatic N) is 1. The molecule has 0 bridgehead atoms. The summed E-state index contributed by atoms with van der Waals surface area (Å²) in [6.07, 6.45) is 4.03. The van der Waals surface area contributed by atoms with E-state index < -0.39 is 29.8 Å². The molecule has 0 N–H and O–H groups in total. The molecule has 4 rings (SSSR count). The Hall–Kier alpha value is -3.76. The van der Waals surface area contributed by atoms with Gasteiger partial charge in [-0.25, -0.2) is 4.79 Å². The first kappa shape index (κ1) is 33.1. The molecule has 44 heavy (non-hydrogen) atoms. The average molecular weight is 632 g/mol. The normalized spacial score (nSPS) is 16.0. The van der Waals surface area contributed by atoms with E-state index in [0.717, 1.165) is 19.3 Å². The average Bonchev–Trinajstić information content (AvgIpc) is 2.96. The first-order chi connectivity index (χ1) is 20.8. The maximum absolute atomic E-state index is 13.9. The molecule has 0 saturated carbocycles. The molecule has 11 heteroatoms. The number of rotatable bonds is 11. The van der Waals surface area contributed by atoms with Gasteiger partial charge in [0.15, 0.2) is 5.78 Å². The molecule has 1 saturated heterocycles. The van der Waals surface area contributed by atoms with E-state index >= 15 is 0 Å². The van der Waals surface area contributed by atoms with Gasteiger partial charge < -0.3 is 23.5 Å². The monoisotopic (exact) mass is 631 g/mol. The number of carbonyl (C=O) groups excluding carboxylic acids is 2. The van der Waals surface area contributed by atoms with Gasteiger partial charge in [0.2, 0.25) is 0 Å². The van der Waals surface area contributed by atoms with Gasteiger partial charge in [-0.2, -0.15) is 8.78 Å². The molecule has 2 atom stereocenters. The number of hydrogen-bond donors (Lipinski definition) is 0. The van der Waals surface area contributed by atoms with E-state index in [0.29, 0.717) is 17.7 Å². The first-order valence-corrected chi connectivity index (χ1v) is 14.7. The molecule has 236 valence electrons. The number of hydrogen-bond acceptors (Lipinski definition) is 7. The van der Waals surface area contributed by atoms with Gasteiger partial charge in [-0.3, -0.25) is 9.59 Å². The van der Waals surface area contributed by atoms with E-state index in [9.17, 15) is 23.2 Å². The smallest absolute Gasteiger partial charge is 0.387 e. The van der Waals surface area contributed by atoms with Crippen LogP contribution in [-0.4, -0.2) is 48.4 Å². The highest BCUT2D eigenvalue weighted by Gasteiger charge is 2.29. The fraction of sp³-hybridized carbons (Fsp3) is 0.424. The number of pyridine rings is 1. The Labute approximate surface area is 259 Å². The van der Waals surface area contributed by atoms with Gasteiger partial charge in [-0.1, -0.05) is 23.7 Å². The second-order valence-corrected chi connectivity index (χ2v) is 12.0. The molecular formula is C33H36ClF2NO7. The topological polar surface area (TPSA) is 93.1 Å². The number of benzene rings is 2. The minimum absolute atomic E-state index is 0.0108. The Morgan fingerprint density at radius 1 is 1.05 bits per heavy atom. The number of carbonyl (C=O) groups is 2. The lowest BCUT2D eigenvalue weighted by Gasteiger charge is -2.28. The van der Waals surface area contributed by atoms with Crippen molar-refractivity contribution in [1.82, 2.24) is 4.57 Å². The number of esters is 1. The number of ether oxygens (including phenoxy) is 4. The fourth-order valence-corrected chi connectivity index (χ4v) is 5.29. The minimum Gasteiger partial charge on any atom is -0.495 e. The quantitative estimate of drug-likeness (QED) is 0.209. The lowest BCUT2D eigenvalue weighted by molar-refractivity contribution is -0.123. The van der Waals surface area contributed by atoms with E-state index in [1.165, 1.54) is 42.1 Å². The molecule has 0 radical (unpaired) electrons. The van der Waals surface area contributed by atoms with Crippen LogP contribution >= 0.6 is 11.6 Å². The fourth-order valence-electron chi connectivity index (χ4n) is 5.11. The molecule has 2 heterocycles. The van der Waals surface area contributed by atoms with Crippen LogP contribution in [0.2, 0.25) is 5.02 Å². The molecular weight excluding hydrogens is 596 g/mol. The molecule has 0 spiro atoms.